The molecule has 106 valence electrons. The lowest BCUT2D eigenvalue weighted by Gasteiger charge is -2.17. The number of benzene rings is 1. The van der Waals surface area contributed by atoms with Crippen molar-refractivity contribution in [3.8, 4) is 0 Å². The number of carbonyl (C=O) groups excluding carboxylic acids is 1. The van der Waals surface area contributed by atoms with E-state index < -0.39 is 12.0 Å². The second-order valence-electron chi connectivity index (χ2n) is 5.06. The van der Waals surface area contributed by atoms with Gasteiger partial charge in [0.25, 0.3) is 0 Å². The number of aliphatic carboxylic acids is 1. The van der Waals surface area contributed by atoms with Gasteiger partial charge in [0, 0.05) is 10.9 Å². The molecule has 1 heterocycles. The van der Waals surface area contributed by atoms with Crippen molar-refractivity contribution in [3.05, 3.63) is 36.1 Å². The number of hydrogen-bond donors (Lipinski definition) is 2. The van der Waals surface area contributed by atoms with Crippen molar-refractivity contribution in [2.24, 2.45) is 5.92 Å². The Morgan fingerprint density at radius 3 is 2.65 bits per heavy atom. The van der Waals surface area contributed by atoms with Crippen molar-refractivity contribution < 1.29 is 19.1 Å². The predicted octanol–water partition coefficient (Wildman–Crippen LogP) is 2.20. The number of carboxylic acids is 1. The maximum absolute atomic E-state index is 12.0. The van der Waals surface area contributed by atoms with Crippen LogP contribution < -0.4 is 5.32 Å². The first-order valence-corrected chi connectivity index (χ1v) is 6.46. The van der Waals surface area contributed by atoms with Gasteiger partial charge < -0.3 is 14.8 Å². The lowest BCUT2D eigenvalue weighted by molar-refractivity contribution is -0.143. The molecule has 1 amide bonds. The molecule has 1 unspecified atom stereocenters. The predicted molar refractivity (Wildman–Crippen MR) is 74.3 cm³/mol. The van der Waals surface area contributed by atoms with E-state index in [0.29, 0.717) is 5.58 Å². The lowest BCUT2D eigenvalue weighted by Crippen LogP contribution is -2.44. The highest BCUT2D eigenvalue weighted by molar-refractivity contribution is 5.89. The number of carbonyl (C=O) groups is 2. The average Bonchev–Trinajstić information content (AvgIpc) is 2.79. The van der Waals surface area contributed by atoms with Crippen molar-refractivity contribution in [3.63, 3.8) is 0 Å². The molecule has 0 saturated heterocycles. The van der Waals surface area contributed by atoms with Crippen LogP contribution in [-0.2, 0) is 16.0 Å². The van der Waals surface area contributed by atoms with Crippen LogP contribution in [0.1, 0.15) is 19.4 Å². The van der Waals surface area contributed by atoms with Crippen molar-refractivity contribution in [2.75, 3.05) is 0 Å². The molecule has 20 heavy (non-hydrogen) atoms. The molecule has 1 aromatic carbocycles. The van der Waals surface area contributed by atoms with Crippen LogP contribution in [0.15, 0.2) is 34.9 Å². The van der Waals surface area contributed by atoms with E-state index in [2.05, 4.69) is 5.32 Å². The van der Waals surface area contributed by atoms with E-state index in [0.717, 1.165) is 10.9 Å². The van der Waals surface area contributed by atoms with Crippen LogP contribution in [0.25, 0.3) is 11.0 Å². The van der Waals surface area contributed by atoms with Gasteiger partial charge in [-0.25, -0.2) is 4.79 Å². The van der Waals surface area contributed by atoms with Crippen molar-refractivity contribution in [1.82, 2.24) is 5.32 Å². The van der Waals surface area contributed by atoms with Gasteiger partial charge in [-0.2, -0.15) is 0 Å². The SMILES string of the molecule is CC(C)C(NC(=O)Cc1coc2ccccc12)C(=O)O. The molecule has 0 spiro atoms. The molecule has 5 heteroatoms. The maximum atomic E-state index is 12.0. The molecule has 5 nitrogen and oxygen atoms in total. The lowest BCUT2D eigenvalue weighted by atomic mass is 10.0. The fourth-order valence-electron chi connectivity index (χ4n) is 2.08. The highest BCUT2D eigenvalue weighted by Gasteiger charge is 2.23. The van der Waals surface area contributed by atoms with Crippen molar-refractivity contribution in [2.45, 2.75) is 26.3 Å². The minimum absolute atomic E-state index is 0.105. The van der Waals surface area contributed by atoms with E-state index >= 15 is 0 Å². The van der Waals surface area contributed by atoms with Crippen LogP contribution >= 0.6 is 0 Å². The average molecular weight is 275 g/mol. The fourth-order valence-corrected chi connectivity index (χ4v) is 2.08. The van der Waals surface area contributed by atoms with Crippen LogP contribution in [0.4, 0.5) is 0 Å². The Morgan fingerprint density at radius 1 is 1.30 bits per heavy atom. The topological polar surface area (TPSA) is 79.5 Å². The van der Waals surface area contributed by atoms with Crippen molar-refractivity contribution >= 4 is 22.8 Å². The third kappa shape index (κ3) is 2.99. The van der Waals surface area contributed by atoms with Gasteiger partial charge in [0.2, 0.25) is 5.91 Å². The first-order chi connectivity index (χ1) is 9.49. The summed E-state index contributed by atoms with van der Waals surface area (Å²) in [6.45, 7) is 3.51. The Balaban J connectivity index is 2.10. The number of carboxylic acid groups (broad SMARTS) is 1. The maximum Gasteiger partial charge on any atom is 0.326 e. The smallest absolute Gasteiger partial charge is 0.326 e. The number of para-hydroxylation sites is 1. The van der Waals surface area contributed by atoms with E-state index in [4.69, 9.17) is 9.52 Å². The van der Waals surface area contributed by atoms with Gasteiger partial charge >= 0.3 is 5.97 Å². The van der Waals surface area contributed by atoms with Gasteiger partial charge in [0.1, 0.15) is 11.6 Å². The first-order valence-electron chi connectivity index (χ1n) is 6.46. The zero-order valence-corrected chi connectivity index (χ0v) is 11.4. The van der Waals surface area contributed by atoms with Crippen LogP contribution in [0.5, 0.6) is 0 Å². The Bertz CT molecular complexity index is 630. The normalized spacial score (nSPS) is 12.6. The molecule has 2 N–H and O–H groups in total. The van der Waals surface area contributed by atoms with Crippen LogP contribution in [0.3, 0.4) is 0 Å². The molecular formula is C15H17NO4. The number of fused-ring (bicyclic) bond motifs is 1. The molecule has 2 aromatic rings. The number of furan rings is 1. The molecule has 0 fully saturated rings. The van der Waals surface area contributed by atoms with E-state index in [1.165, 1.54) is 6.26 Å². The summed E-state index contributed by atoms with van der Waals surface area (Å²) in [7, 11) is 0. The van der Waals surface area contributed by atoms with E-state index in [1.807, 2.05) is 24.3 Å². The quantitative estimate of drug-likeness (QED) is 0.876. The third-order valence-corrected chi connectivity index (χ3v) is 3.16. The third-order valence-electron chi connectivity index (χ3n) is 3.16. The molecule has 2 rings (SSSR count). The molecule has 0 aliphatic rings. The number of hydrogen-bond acceptors (Lipinski definition) is 3. The Hall–Kier alpha value is -2.30. The molecule has 1 atom stereocenters. The zero-order valence-electron chi connectivity index (χ0n) is 11.4. The summed E-state index contributed by atoms with van der Waals surface area (Å²) in [6.07, 6.45) is 1.64. The minimum atomic E-state index is -1.02. The largest absolute Gasteiger partial charge is 0.480 e. The standard InChI is InChI=1S/C15H17NO4/c1-9(2)14(15(18)19)16-13(17)7-10-8-20-12-6-4-3-5-11(10)12/h3-6,8-9,14H,7H2,1-2H3,(H,16,17)(H,18,19). The second-order valence-corrected chi connectivity index (χ2v) is 5.06. The van der Waals surface area contributed by atoms with Gasteiger partial charge in [0.05, 0.1) is 12.7 Å². The summed E-state index contributed by atoms with van der Waals surface area (Å²) in [5.41, 5.74) is 1.47. The first kappa shape index (κ1) is 14.1. The van der Waals surface area contributed by atoms with Gasteiger partial charge in [0.15, 0.2) is 0 Å². The van der Waals surface area contributed by atoms with E-state index in [-0.39, 0.29) is 18.2 Å². The monoisotopic (exact) mass is 275 g/mol. The summed E-state index contributed by atoms with van der Waals surface area (Å²) in [4.78, 5) is 23.0. The van der Waals surface area contributed by atoms with Crippen LogP contribution in [-0.4, -0.2) is 23.0 Å². The summed E-state index contributed by atoms with van der Waals surface area (Å²) in [6, 6.07) is 6.55. The molecule has 0 radical (unpaired) electrons. The summed E-state index contributed by atoms with van der Waals surface area (Å²) in [5, 5.41) is 12.5. The molecular weight excluding hydrogens is 258 g/mol. The fraction of sp³-hybridized carbons (Fsp3) is 0.333. The summed E-state index contributed by atoms with van der Waals surface area (Å²) >= 11 is 0. The van der Waals surface area contributed by atoms with E-state index in [9.17, 15) is 9.59 Å². The van der Waals surface area contributed by atoms with Gasteiger partial charge in [-0.05, 0) is 12.0 Å². The van der Waals surface area contributed by atoms with Gasteiger partial charge in [-0.1, -0.05) is 32.0 Å². The van der Waals surface area contributed by atoms with Crippen LogP contribution in [0.2, 0.25) is 0 Å². The molecule has 0 aliphatic carbocycles. The molecule has 0 saturated carbocycles. The Kier molecular flexibility index (Phi) is 4.08. The van der Waals surface area contributed by atoms with E-state index in [1.54, 1.807) is 13.8 Å². The van der Waals surface area contributed by atoms with Gasteiger partial charge in [-0.3, -0.25) is 4.79 Å². The second kappa shape index (κ2) is 5.77. The van der Waals surface area contributed by atoms with Gasteiger partial charge in [-0.15, -0.1) is 0 Å². The summed E-state index contributed by atoms with van der Waals surface area (Å²) < 4.78 is 5.35. The highest BCUT2D eigenvalue weighted by Crippen LogP contribution is 2.21. The van der Waals surface area contributed by atoms with Crippen molar-refractivity contribution in [1.29, 1.82) is 0 Å². The minimum Gasteiger partial charge on any atom is -0.480 e. The molecule has 0 bridgehead atoms. The van der Waals surface area contributed by atoms with Crippen LogP contribution in [0, 0.1) is 5.92 Å². The Labute approximate surface area is 116 Å². The number of rotatable bonds is 5. The summed E-state index contributed by atoms with van der Waals surface area (Å²) in [5.74, 6) is -1.51. The highest BCUT2D eigenvalue weighted by atomic mass is 16.4. The molecule has 0 aliphatic heterocycles. The number of amides is 1. The number of nitrogens with one attached hydrogen (secondary N) is 1. The Morgan fingerprint density at radius 2 is 2.00 bits per heavy atom. The molecule has 1 aromatic heterocycles. The zero-order chi connectivity index (χ0) is 14.7.